The van der Waals surface area contributed by atoms with Crippen molar-refractivity contribution in [3.05, 3.63) is 59.0 Å². The number of sulfone groups is 1. The number of aryl methyl sites for hydroxylation is 1. The fraction of sp³-hybridized carbons (Fsp3) is 0.459. The molecule has 4 N–H and O–H groups in total. The third kappa shape index (κ3) is 12.3. The van der Waals surface area contributed by atoms with Gasteiger partial charge in [0.25, 0.3) is 0 Å². The maximum Gasteiger partial charge on any atom is 0.436 e. The van der Waals surface area contributed by atoms with Crippen molar-refractivity contribution in [1.82, 2.24) is 5.32 Å². The number of anilines is 1. The molecule has 3 aromatic rings. The van der Waals surface area contributed by atoms with Crippen LogP contribution in [0.3, 0.4) is 0 Å². The van der Waals surface area contributed by atoms with E-state index >= 15 is 0 Å². The molecule has 3 amide bonds. The van der Waals surface area contributed by atoms with Gasteiger partial charge in [0.1, 0.15) is 11.4 Å². The van der Waals surface area contributed by atoms with Crippen molar-refractivity contribution in [3.8, 4) is 11.1 Å². The number of hydrogen-bond donors (Lipinski definition) is 3. The minimum Gasteiger partial charge on any atom is -0.442 e. The number of carbonyl (C=O) groups is 3. The Kier molecular flexibility index (Phi) is 15.5. The molecule has 0 saturated carbocycles. The van der Waals surface area contributed by atoms with Crippen molar-refractivity contribution in [3.63, 3.8) is 0 Å². The molecule has 0 spiro atoms. The Bertz CT molecular complexity index is 1780. The number of hydrogen-bond acceptors (Lipinski definition) is 8. The van der Waals surface area contributed by atoms with Gasteiger partial charge in [-0.3, -0.25) is 9.59 Å². The molecule has 0 aliphatic rings. The zero-order valence-electron chi connectivity index (χ0n) is 29.9. The van der Waals surface area contributed by atoms with Gasteiger partial charge >= 0.3 is 6.09 Å². The first-order chi connectivity index (χ1) is 23.7. The van der Waals surface area contributed by atoms with Gasteiger partial charge in [-0.05, 0) is 82.2 Å². The molecule has 0 aliphatic carbocycles. The van der Waals surface area contributed by atoms with Crippen LogP contribution in [0.5, 0.6) is 0 Å². The van der Waals surface area contributed by atoms with E-state index in [0.717, 1.165) is 73.8 Å². The number of nitrogens with one attached hydrogen (secondary N) is 2. The number of benzene rings is 2. The highest BCUT2D eigenvalue weighted by atomic mass is 32.2. The Morgan fingerprint density at radius 2 is 1.50 bits per heavy atom. The lowest BCUT2D eigenvalue weighted by Crippen LogP contribution is -2.24. The number of ether oxygens (including phenoxy) is 1. The average molecular weight is 743 g/mol. The minimum absolute atomic E-state index is 0.0730. The number of aliphatic imine (C=N–C) groups is 1. The first-order valence-electron chi connectivity index (χ1n) is 16.9. The summed E-state index contributed by atoms with van der Waals surface area (Å²) in [5, 5.41) is 5.70. The molecule has 0 atom stereocenters. The van der Waals surface area contributed by atoms with Crippen molar-refractivity contribution in [2.75, 3.05) is 18.6 Å². The van der Waals surface area contributed by atoms with Crippen LogP contribution in [0, 0.1) is 6.92 Å². The molecule has 0 fully saturated rings. The van der Waals surface area contributed by atoms with E-state index in [1.807, 2.05) is 31.2 Å². The topological polar surface area (TPSA) is 157 Å². The second-order valence-corrected chi connectivity index (χ2v) is 17.1. The minimum atomic E-state index is -4.00. The first-order valence-corrected chi connectivity index (χ1v) is 20.4. The number of amidine groups is 1. The van der Waals surface area contributed by atoms with Gasteiger partial charge in [-0.25, -0.2) is 13.2 Å². The summed E-state index contributed by atoms with van der Waals surface area (Å²) in [5.41, 5.74) is 8.26. The van der Waals surface area contributed by atoms with E-state index in [9.17, 15) is 22.8 Å². The van der Waals surface area contributed by atoms with Crippen molar-refractivity contribution in [2.24, 2.45) is 10.7 Å². The molecule has 0 saturated heterocycles. The van der Waals surface area contributed by atoms with Crippen LogP contribution in [-0.4, -0.2) is 51.1 Å². The summed E-state index contributed by atoms with van der Waals surface area (Å²) in [7, 11) is -2.34. The van der Waals surface area contributed by atoms with Crippen LogP contribution in [0.15, 0.2) is 67.5 Å². The van der Waals surface area contributed by atoms with Gasteiger partial charge in [-0.1, -0.05) is 62.8 Å². The molecule has 2 aromatic carbocycles. The number of amides is 3. The van der Waals surface area contributed by atoms with Crippen LogP contribution in [-0.2, 0) is 24.2 Å². The highest BCUT2D eigenvalue weighted by molar-refractivity contribution is 8.01. The number of unbranched alkanes of at least 4 members (excludes halogenated alkanes) is 7. The van der Waals surface area contributed by atoms with E-state index in [4.69, 9.17) is 10.5 Å². The Labute approximate surface area is 305 Å². The highest BCUT2D eigenvalue weighted by Crippen LogP contribution is 2.39. The molecule has 0 radical (unpaired) electrons. The zero-order valence-corrected chi connectivity index (χ0v) is 32.3. The van der Waals surface area contributed by atoms with Gasteiger partial charge in [-0.15, -0.1) is 23.1 Å². The fourth-order valence-corrected chi connectivity index (χ4v) is 9.26. The smallest absolute Gasteiger partial charge is 0.436 e. The summed E-state index contributed by atoms with van der Waals surface area (Å²) < 4.78 is 33.8. The SMILES string of the molecule is CNC(=O)CCCCCCCCCCC(=O)Nc1cccc(C)c1-c1cccc(S(=O)(=O)c2cc(C(N)=NC(=O)OC(C)(C)C)sc2SC)c1. The second kappa shape index (κ2) is 19.1. The lowest BCUT2D eigenvalue weighted by atomic mass is 9.98. The molecule has 0 aliphatic heterocycles. The largest absolute Gasteiger partial charge is 0.442 e. The Hall–Kier alpha value is -3.68. The second-order valence-electron chi connectivity index (χ2n) is 13.0. The molecule has 13 heteroatoms. The third-order valence-electron chi connectivity index (χ3n) is 7.82. The van der Waals surface area contributed by atoms with Crippen LogP contribution in [0.1, 0.15) is 95.4 Å². The van der Waals surface area contributed by atoms with E-state index in [2.05, 4.69) is 15.6 Å². The quantitative estimate of drug-likeness (QED) is 0.0538. The molecular weight excluding hydrogens is 693 g/mol. The number of thioether (sulfide) groups is 1. The molecule has 0 unspecified atom stereocenters. The maximum absolute atomic E-state index is 14.0. The summed E-state index contributed by atoms with van der Waals surface area (Å²) >= 11 is 2.40. The van der Waals surface area contributed by atoms with Crippen molar-refractivity contribution < 1.29 is 27.5 Å². The molecule has 1 aromatic heterocycles. The molecule has 50 heavy (non-hydrogen) atoms. The predicted octanol–water partition coefficient (Wildman–Crippen LogP) is 8.50. The van der Waals surface area contributed by atoms with Gasteiger partial charge in [0.05, 0.1) is 18.9 Å². The fourth-order valence-electron chi connectivity index (χ4n) is 5.32. The third-order valence-corrected chi connectivity index (χ3v) is 12.1. The molecule has 3 rings (SSSR count). The summed E-state index contributed by atoms with van der Waals surface area (Å²) in [4.78, 5) is 40.8. The molecule has 10 nitrogen and oxygen atoms in total. The Morgan fingerprint density at radius 1 is 0.900 bits per heavy atom. The van der Waals surface area contributed by atoms with Crippen LogP contribution in [0.2, 0.25) is 0 Å². The standard InChI is InChI=1S/C37H50N4O6S3/c1-25-17-15-20-28(40-32(43)22-14-12-10-8-7-9-11-13-21-31(42)39-5)33(25)26-18-16-19-27(23-26)50(45,46)30-24-29(49-35(30)48-6)34(38)41-36(44)47-37(2,3)4/h15-20,23-24H,7-14,21-22H2,1-6H3,(H,39,42)(H,40,43)(H2,38,41,44). The molecular formula is C37H50N4O6S3. The van der Waals surface area contributed by atoms with E-state index in [1.54, 1.807) is 52.3 Å². The normalized spacial score (nSPS) is 12.1. The summed E-state index contributed by atoms with van der Waals surface area (Å²) in [6.45, 7) is 7.07. The Morgan fingerprint density at radius 3 is 2.10 bits per heavy atom. The van der Waals surface area contributed by atoms with Gasteiger partial charge in [0.2, 0.25) is 21.7 Å². The lowest BCUT2D eigenvalue weighted by Gasteiger charge is -2.17. The van der Waals surface area contributed by atoms with E-state index in [0.29, 0.717) is 33.2 Å². The van der Waals surface area contributed by atoms with Gasteiger partial charge in [-0.2, -0.15) is 4.99 Å². The monoisotopic (exact) mass is 742 g/mol. The average Bonchev–Trinajstić information content (AvgIpc) is 3.51. The highest BCUT2D eigenvalue weighted by Gasteiger charge is 2.26. The van der Waals surface area contributed by atoms with Crippen LogP contribution >= 0.6 is 23.1 Å². The van der Waals surface area contributed by atoms with Gasteiger partial charge < -0.3 is 21.1 Å². The summed E-state index contributed by atoms with van der Waals surface area (Å²) in [6.07, 6.45) is 10.0. The van der Waals surface area contributed by atoms with Crippen LogP contribution in [0.4, 0.5) is 10.5 Å². The van der Waals surface area contributed by atoms with E-state index < -0.39 is 21.5 Å². The molecule has 1 heterocycles. The van der Waals surface area contributed by atoms with Crippen molar-refractivity contribution in [2.45, 2.75) is 112 Å². The number of nitrogens with zero attached hydrogens (tertiary/aromatic N) is 1. The number of nitrogens with two attached hydrogens (primary N) is 1. The molecule has 0 bridgehead atoms. The summed E-state index contributed by atoms with van der Waals surface area (Å²) in [6, 6.07) is 13.7. The van der Waals surface area contributed by atoms with Gasteiger partial charge in [0, 0.05) is 31.1 Å². The first kappa shape index (κ1) is 40.7. The number of thiophene rings is 1. The van der Waals surface area contributed by atoms with E-state index in [-0.39, 0.29) is 27.4 Å². The van der Waals surface area contributed by atoms with Crippen molar-refractivity contribution in [1.29, 1.82) is 0 Å². The van der Waals surface area contributed by atoms with Crippen LogP contribution in [0.25, 0.3) is 11.1 Å². The van der Waals surface area contributed by atoms with Gasteiger partial charge in [0.15, 0.2) is 0 Å². The zero-order chi connectivity index (χ0) is 36.9. The van der Waals surface area contributed by atoms with Crippen LogP contribution < -0.4 is 16.4 Å². The number of rotatable bonds is 17. The predicted molar refractivity (Wildman–Crippen MR) is 204 cm³/mol. The lowest BCUT2D eigenvalue weighted by molar-refractivity contribution is -0.120. The number of carbonyl (C=O) groups excluding carboxylic acids is 3. The molecule has 272 valence electrons. The van der Waals surface area contributed by atoms with Crippen molar-refractivity contribution >= 4 is 62.4 Å². The maximum atomic E-state index is 14.0. The summed E-state index contributed by atoms with van der Waals surface area (Å²) in [5.74, 6) is -0.120. The Balaban J connectivity index is 1.70. The van der Waals surface area contributed by atoms with E-state index in [1.165, 1.54) is 17.8 Å².